The summed E-state index contributed by atoms with van der Waals surface area (Å²) in [4.78, 5) is 15.8. The lowest BCUT2D eigenvalue weighted by molar-refractivity contribution is -0.125. The lowest BCUT2D eigenvalue weighted by atomic mass is 10.2. The smallest absolute Gasteiger partial charge is 0.274 e. The monoisotopic (exact) mass is 354 g/mol. The first-order valence-electron chi connectivity index (χ1n) is 6.70. The second-order valence-corrected chi connectivity index (χ2v) is 6.90. The van der Waals surface area contributed by atoms with Gasteiger partial charge in [0.15, 0.2) is 6.10 Å². The number of nitrogens with zero attached hydrogens (tertiary/aromatic N) is 1. The van der Waals surface area contributed by atoms with E-state index in [0.717, 1.165) is 5.56 Å². The van der Waals surface area contributed by atoms with Crippen LogP contribution in [0.4, 0.5) is 0 Å². The summed E-state index contributed by atoms with van der Waals surface area (Å²) in [6, 6.07) is 9.19. The molecule has 1 heterocycles. The number of hydrogen-bond donors (Lipinski definition) is 1. The molecule has 1 aromatic heterocycles. The van der Waals surface area contributed by atoms with E-state index in [-0.39, 0.29) is 10.8 Å². The van der Waals surface area contributed by atoms with Crippen LogP contribution in [0.5, 0.6) is 5.88 Å². The maximum absolute atomic E-state index is 12.2. The van der Waals surface area contributed by atoms with Gasteiger partial charge in [-0.3, -0.25) is 4.79 Å². The molecule has 0 spiro atoms. The standard InChI is InChI=1S/C15H15ClN2O4S/c1-10-6-7-12(9-13(10)16)23(20,21)18-15(19)11(2)22-14-5-3-4-8-17-14/h3-9,11H,1-2H3,(H,18,19). The number of aryl methyl sites for hydroxylation is 1. The Labute approximate surface area is 139 Å². The van der Waals surface area contributed by atoms with Crippen molar-refractivity contribution < 1.29 is 17.9 Å². The molecule has 2 aromatic rings. The molecule has 0 aliphatic rings. The number of carbonyl (C=O) groups is 1. The number of ether oxygens (including phenoxy) is 1. The zero-order chi connectivity index (χ0) is 17.0. The number of amides is 1. The van der Waals surface area contributed by atoms with E-state index < -0.39 is 22.0 Å². The highest BCUT2D eigenvalue weighted by atomic mass is 35.5. The number of hydrogen-bond acceptors (Lipinski definition) is 5. The molecular formula is C15H15ClN2O4S. The number of carbonyl (C=O) groups excluding carboxylic acids is 1. The van der Waals surface area contributed by atoms with Crippen molar-refractivity contribution in [2.45, 2.75) is 24.8 Å². The minimum atomic E-state index is -4.02. The van der Waals surface area contributed by atoms with Crippen LogP contribution < -0.4 is 9.46 Å². The quantitative estimate of drug-likeness (QED) is 0.890. The lowest BCUT2D eigenvalue weighted by Gasteiger charge is -2.14. The van der Waals surface area contributed by atoms with Crippen LogP contribution in [0.1, 0.15) is 12.5 Å². The molecule has 0 saturated heterocycles. The van der Waals surface area contributed by atoms with E-state index in [1.807, 2.05) is 4.72 Å². The van der Waals surface area contributed by atoms with Gasteiger partial charge in [0.25, 0.3) is 15.9 Å². The van der Waals surface area contributed by atoms with Crippen LogP contribution in [0.2, 0.25) is 5.02 Å². The van der Waals surface area contributed by atoms with Crippen molar-refractivity contribution in [1.82, 2.24) is 9.71 Å². The third kappa shape index (κ3) is 4.43. The molecule has 0 aliphatic heterocycles. The van der Waals surface area contributed by atoms with Gasteiger partial charge in [-0.1, -0.05) is 23.7 Å². The van der Waals surface area contributed by atoms with Crippen molar-refractivity contribution in [1.29, 1.82) is 0 Å². The Balaban J connectivity index is 2.10. The normalized spacial score (nSPS) is 12.5. The first-order chi connectivity index (χ1) is 10.8. The molecule has 122 valence electrons. The van der Waals surface area contributed by atoms with Crippen molar-refractivity contribution >= 4 is 27.5 Å². The fourth-order valence-electron chi connectivity index (χ4n) is 1.67. The average molecular weight is 355 g/mol. The lowest BCUT2D eigenvalue weighted by Crippen LogP contribution is -2.40. The summed E-state index contributed by atoms with van der Waals surface area (Å²) in [6.45, 7) is 3.18. The van der Waals surface area contributed by atoms with Crippen molar-refractivity contribution in [2.75, 3.05) is 0 Å². The zero-order valence-electron chi connectivity index (χ0n) is 12.5. The molecule has 0 fully saturated rings. The number of aromatic nitrogens is 1. The minimum absolute atomic E-state index is 0.0912. The number of halogens is 1. The van der Waals surface area contributed by atoms with Gasteiger partial charge in [0.2, 0.25) is 5.88 Å². The molecule has 1 aromatic carbocycles. The fraction of sp³-hybridized carbons (Fsp3) is 0.200. The molecule has 6 nitrogen and oxygen atoms in total. The van der Waals surface area contributed by atoms with E-state index in [4.69, 9.17) is 16.3 Å². The van der Waals surface area contributed by atoms with Crippen LogP contribution in [-0.2, 0) is 14.8 Å². The third-order valence-corrected chi connectivity index (χ3v) is 4.74. The van der Waals surface area contributed by atoms with E-state index in [9.17, 15) is 13.2 Å². The summed E-state index contributed by atoms with van der Waals surface area (Å²) in [6.07, 6.45) is 0.478. The number of pyridine rings is 1. The Kier molecular flexibility index (Phi) is 5.23. The first kappa shape index (κ1) is 17.2. The highest BCUT2D eigenvalue weighted by Gasteiger charge is 2.23. The summed E-state index contributed by atoms with van der Waals surface area (Å²) >= 11 is 5.92. The molecule has 0 bridgehead atoms. The van der Waals surface area contributed by atoms with Crippen LogP contribution >= 0.6 is 11.6 Å². The maximum Gasteiger partial charge on any atom is 0.274 e. The average Bonchev–Trinajstić information content (AvgIpc) is 2.50. The third-order valence-electron chi connectivity index (χ3n) is 2.99. The molecule has 0 saturated carbocycles. The van der Waals surface area contributed by atoms with Crippen LogP contribution in [-0.4, -0.2) is 25.4 Å². The second kappa shape index (κ2) is 6.97. The van der Waals surface area contributed by atoms with Gasteiger partial charge in [0.05, 0.1) is 4.90 Å². The molecule has 1 atom stereocenters. The number of benzene rings is 1. The molecular weight excluding hydrogens is 340 g/mol. The van der Waals surface area contributed by atoms with Crippen LogP contribution in [0.25, 0.3) is 0 Å². The van der Waals surface area contributed by atoms with Crippen LogP contribution in [0.15, 0.2) is 47.5 Å². The molecule has 2 rings (SSSR count). The van der Waals surface area contributed by atoms with Gasteiger partial charge >= 0.3 is 0 Å². The molecule has 23 heavy (non-hydrogen) atoms. The summed E-state index contributed by atoms with van der Waals surface area (Å²) in [7, 11) is -4.02. The van der Waals surface area contributed by atoms with Gasteiger partial charge in [0, 0.05) is 17.3 Å². The molecule has 1 unspecified atom stereocenters. The molecule has 0 aliphatic carbocycles. The largest absolute Gasteiger partial charge is 0.464 e. The van der Waals surface area contributed by atoms with Gasteiger partial charge < -0.3 is 4.74 Å². The topological polar surface area (TPSA) is 85.4 Å². The van der Waals surface area contributed by atoms with E-state index in [0.29, 0.717) is 5.02 Å². The SMILES string of the molecule is Cc1ccc(S(=O)(=O)NC(=O)C(C)Oc2ccccn2)cc1Cl. The summed E-state index contributed by atoms with van der Waals surface area (Å²) in [5.41, 5.74) is 0.740. The Morgan fingerprint density at radius 3 is 2.65 bits per heavy atom. The van der Waals surface area contributed by atoms with Crippen molar-refractivity contribution in [3.8, 4) is 5.88 Å². The zero-order valence-corrected chi connectivity index (χ0v) is 14.1. The Morgan fingerprint density at radius 1 is 1.30 bits per heavy atom. The second-order valence-electron chi connectivity index (χ2n) is 4.81. The summed E-state index contributed by atoms with van der Waals surface area (Å²) in [5.74, 6) is -0.571. The Hall–Kier alpha value is -2.12. The highest BCUT2D eigenvalue weighted by Crippen LogP contribution is 2.20. The fourth-order valence-corrected chi connectivity index (χ4v) is 2.98. The van der Waals surface area contributed by atoms with Gasteiger partial charge in [-0.2, -0.15) is 0 Å². The molecule has 1 amide bonds. The van der Waals surface area contributed by atoms with E-state index in [1.54, 1.807) is 31.2 Å². The number of rotatable bonds is 5. The summed E-state index contributed by atoms with van der Waals surface area (Å²) in [5, 5.41) is 0.304. The van der Waals surface area contributed by atoms with Gasteiger partial charge in [-0.05, 0) is 37.6 Å². The van der Waals surface area contributed by atoms with E-state index >= 15 is 0 Å². The maximum atomic E-state index is 12.2. The predicted octanol–water partition coefficient (Wildman–Crippen LogP) is 2.32. The van der Waals surface area contributed by atoms with Gasteiger partial charge in [-0.15, -0.1) is 0 Å². The Morgan fingerprint density at radius 2 is 2.04 bits per heavy atom. The van der Waals surface area contributed by atoms with Gasteiger partial charge in [0.1, 0.15) is 0 Å². The van der Waals surface area contributed by atoms with E-state index in [1.165, 1.54) is 25.3 Å². The van der Waals surface area contributed by atoms with Crippen LogP contribution in [0, 0.1) is 6.92 Å². The Bertz CT molecular complexity index is 809. The summed E-state index contributed by atoms with van der Waals surface area (Å²) < 4.78 is 31.7. The number of sulfonamides is 1. The molecule has 0 radical (unpaired) electrons. The minimum Gasteiger partial charge on any atom is -0.464 e. The number of nitrogens with one attached hydrogen (secondary N) is 1. The van der Waals surface area contributed by atoms with Crippen molar-refractivity contribution in [2.24, 2.45) is 0 Å². The first-order valence-corrected chi connectivity index (χ1v) is 8.56. The highest BCUT2D eigenvalue weighted by molar-refractivity contribution is 7.90. The van der Waals surface area contributed by atoms with Crippen LogP contribution in [0.3, 0.4) is 0 Å². The molecule has 8 heteroatoms. The van der Waals surface area contributed by atoms with Gasteiger partial charge in [-0.25, -0.2) is 18.1 Å². The molecule has 1 N–H and O–H groups in total. The van der Waals surface area contributed by atoms with Crippen molar-refractivity contribution in [3.05, 3.63) is 53.2 Å². The van der Waals surface area contributed by atoms with E-state index in [2.05, 4.69) is 4.98 Å². The van der Waals surface area contributed by atoms with Crippen molar-refractivity contribution in [3.63, 3.8) is 0 Å². The predicted molar refractivity (Wildman–Crippen MR) is 85.8 cm³/mol.